The van der Waals surface area contributed by atoms with Crippen LogP contribution in [0.4, 0.5) is 13.2 Å². The summed E-state index contributed by atoms with van der Waals surface area (Å²) in [5, 5.41) is 11.5. The van der Waals surface area contributed by atoms with Crippen molar-refractivity contribution in [3.63, 3.8) is 0 Å². The van der Waals surface area contributed by atoms with Gasteiger partial charge in [-0.25, -0.2) is 4.98 Å². The van der Waals surface area contributed by atoms with Crippen LogP contribution in [0.25, 0.3) is 22.2 Å². The second kappa shape index (κ2) is 12.4. The predicted octanol–water partition coefficient (Wildman–Crippen LogP) is 8.53. The topological polar surface area (TPSA) is 77.2 Å². The molecule has 0 radical (unpaired) electrons. The Morgan fingerprint density at radius 1 is 0.977 bits per heavy atom. The summed E-state index contributed by atoms with van der Waals surface area (Å²) in [5.41, 5.74) is 3.59. The number of halogens is 3. The van der Waals surface area contributed by atoms with Crippen LogP contribution in [0.3, 0.4) is 0 Å². The monoisotopic (exact) mass is 619 g/mol. The number of thioether (sulfide) groups is 1. The smallest absolute Gasteiger partial charge is 0.417 e. The van der Waals surface area contributed by atoms with Crippen molar-refractivity contribution in [2.45, 2.75) is 55.5 Å². The Morgan fingerprint density at radius 3 is 2.30 bits per heavy atom. The zero-order valence-electron chi connectivity index (χ0n) is 24.7. The van der Waals surface area contributed by atoms with Crippen molar-refractivity contribution >= 4 is 28.6 Å². The molecule has 0 amide bonds. The molecule has 3 aromatic heterocycles. The zero-order chi connectivity index (χ0) is 31.6. The molecular formula is C34H32F3N3O3S. The number of pyridine rings is 2. The van der Waals surface area contributed by atoms with Gasteiger partial charge in [-0.05, 0) is 47.9 Å². The number of aromatic nitrogens is 3. The highest BCUT2D eigenvalue weighted by molar-refractivity contribution is 8.00. The molecule has 3 heterocycles. The van der Waals surface area contributed by atoms with Crippen molar-refractivity contribution in [2.75, 3.05) is 0 Å². The maximum Gasteiger partial charge on any atom is 0.417 e. The first kappa shape index (κ1) is 31.1. The molecule has 5 rings (SSSR count). The summed E-state index contributed by atoms with van der Waals surface area (Å²) < 4.78 is 46.5. The number of aryl methyl sites for hydroxylation is 1. The number of carbonyl (C=O) groups is 1. The first-order valence-electron chi connectivity index (χ1n) is 14.0. The number of fused-ring (bicyclic) bond motifs is 1. The number of nitrogens with zero attached hydrogens (tertiary/aromatic N) is 3. The van der Waals surface area contributed by atoms with E-state index in [4.69, 9.17) is 4.74 Å². The van der Waals surface area contributed by atoms with E-state index >= 15 is 0 Å². The number of rotatable bonds is 9. The third kappa shape index (κ3) is 7.07. The van der Waals surface area contributed by atoms with E-state index in [9.17, 15) is 23.1 Å². The second-order valence-electron chi connectivity index (χ2n) is 11.5. The summed E-state index contributed by atoms with van der Waals surface area (Å²) in [7, 11) is 1.89. The molecule has 228 valence electrons. The Kier molecular flexibility index (Phi) is 8.74. The number of carboxylic acids is 1. The van der Waals surface area contributed by atoms with E-state index in [2.05, 4.69) is 36.8 Å². The fourth-order valence-electron chi connectivity index (χ4n) is 5.04. The van der Waals surface area contributed by atoms with Crippen LogP contribution >= 0.6 is 11.8 Å². The molecule has 0 aliphatic rings. The summed E-state index contributed by atoms with van der Waals surface area (Å²) in [6.45, 7) is 6.60. The Labute approximate surface area is 257 Å². The van der Waals surface area contributed by atoms with Gasteiger partial charge in [-0.15, -0.1) is 11.8 Å². The largest absolute Gasteiger partial charge is 0.481 e. The molecule has 1 atom stereocenters. The Balaban J connectivity index is 1.47. The van der Waals surface area contributed by atoms with Crippen molar-refractivity contribution in [2.24, 2.45) is 7.05 Å². The van der Waals surface area contributed by atoms with E-state index in [1.165, 1.54) is 6.07 Å². The molecule has 6 nitrogen and oxygen atoms in total. The predicted molar refractivity (Wildman–Crippen MR) is 166 cm³/mol. The molecule has 0 bridgehead atoms. The number of alkyl halides is 3. The third-order valence-electron chi connectivity index (χ3n) is 7.10. The number of hydrogen-bond acceptors (Lipinski definition) is 5. The lowest BCUT2D eigenvalue weighted by molar-refractivity contribution is -0.139. The lowest BCUT2D eigenvalue weighted by Gasteiger charge is -2.22. The molecule has 44 heavy (non-hydrogen) atoms. The molecule has 2 aromatic carbocycles. The van der Waals surface area contributed by atoms with Gasteiger partial charge in [-0.2, -0.15) is 13.2 Å². The van der Waals surface area contributed by atoms with Crippen molar-refractivity contribution in [3.8, 4) is 17.1 Å². The molecule has 10 heteroatoms. The summed E-state index contributed by atoms with van der Waals surface area (Å²) in [4.78, 5) is 21.9. The second-order valence-corrected chi connectivity index (χ2v) is 13.4. The van der Waals surface area contributed by atoms with Crippen LogP contribution in [0.1, 0.15) is 49.1 Å². The first-order valence-corrected chi connectivity index (χ1v) is 14.8. The normalized spacial score (nSPS) is 12.8. The minimum Gasteiger partial charge on any atom is -0.481 e. The molecular weight excluding hydrogens is 587 g/mol. The highest BCUT2D eigenvalue weighted by Gasteiger charge is 2.32. The Hall–Kier alpha value is -4.31. The summed E-state index contributed by atoms with van der Waals surface area (Å²) in [6, 6.07) is 21.0. The fourth-order valence-corrected chi connectivity index (χ4v) is 6.31. The number of aliphatic carboxylic acids is 1. The van der Waals surface area contributed by atoms with Gasteiger partial charge in [0.25, 0.3) is 0 Å². The van der Waals surface area contributed by atoms with Gasteiger partial charge >= 0.3 is 12.1 Å². The minimum atomic E-state index is -4.46. The van der Waals surface area contributed by atoms with Crippen LogP contribution in [-0.2, 0) is 31.0 Å². The molecule has 0 aliphatic heterocycles. The van der Waals surface area contributed by atoms with E-state index in [1.54, 1.807) is 48.3 Å². The molecule has 0 saturated carbocycles. The molecule has 1 unspecified atom stereocenters. The van der Waals surface area contributed by atoms with Crippen LogP contribution in [0.5, 0.6) is 5.88 Å². The van der Waals surface area contributed by atoms with Crippen LogP contribution < -0.4 is 4.74 Å². The highest BCUT2D eigenvalue weighted by atomic mass is 32.2. The summed E-state index contributed by atoms with van der Waals surface area (Å²) in [5.74, 6) is -1.27. The quantitative estimate of drug-likeness (QED) is 0.167. The van der Waals surface area contributed by atoms with Crippen molar-refractivity contribution < 1.29 is 27.8 Å². The standard InChI is InChI=1S/C34H32F3N3O3S/c1-33(2,3)44-31-25-18-22(20-43-29-7-5-6-16-38-29)10-15-28(25)40(4)30(31)26(32(41)42)17-21-8-11-23(12-9-21)27-14-13-24(19-39-27)34(35,36)37/h5-16,18-19,26H,17,20H2,1-4H3,(H,41,42). The molecule has 5 aromatic rings. The maximum atomic E-state index is 12.9. The van der Waals surface area contributed by atoms with Crippen LogP contribution in [0.2, 0.25) is 0 Å². The van der Waals surface area contributed by atoms with Gasteiger partial charge < -0.3 is 14.4 Å². The Morgan fingerprint density at radius 2 is 1.70 bits per heavy atom. The minimum absolute atomic E-state index is 0.192. The highest BCUT2D eigenvalue weighted by Crippen LogP contribution is 2.44. The molecule has 1 N–H and O–H groups in total. The lowest BCUT2D eigenvalue weighted by atomic mass is 9.95. The van der Waals surface area contributed by atoms with E-state index in [1.807, 2.05) is 35.9 Å². The number of benzene rings is 2. The number of ether oxygens (including phenoxy) is 1. The Bertz CT molecular complexity index is 1760. The molecule has 0 saturated heterocycles. The van der Waals surface area contributed by atoms with Gasteiger partial charge in [-0.3, -0.25) is 9.78 Å². The average Bonchev–Trinajstić information content (AvgIpc) is 3.24. The van der Waals surface area contributed by atoms with Gasteiger partial charge in [0.1, 0.15) is 12.5 Å². The van der Waals surface area contributed by atoms with E-state index in [0.717, 1.165) is 39.2 Å². The van der Waals surface area contributed by atoms with Crippen LogP contribution in [-0.4, -0.2) is 30.4 Å². The van der Waals surface area contributed by atoms with Crippen molar-refractivity contribution in [1.29, 1.82) is 0 Å². The maximum absolute atomic E-state index is 12.9. The van der Waals surface area contributed by atoms with E-state index < -0.39 is 23.6 Å². The molecule has 0 fully saturated rings. The fraction of sp³-hybridized carbons (Fsp3) is 0.265. The third-order valence-corrected chi connectivity index (χ3v) is 8.35. The number of hydrogen-bond donors (Lipinski definition) is 1. The van der Waals surface area contributed by atoms with Crippen molar-refractivity contribution in [3.05, 3.63) is 108 Å². The SMILES string of the molecule is Cn1c(C(Cc2ccc(-c3ccc(C(F)(F)F)cn3)cc2)C(=O)O)c(SC(C)(C)C)c2cc(COc3ccccn3)ccc21. The summed E-state index contributed by atoms with van der Waals surface area (Å²) >= 11 is 1.63. The summed E-state index contributed by atoms with van der Waals surface area (Å²) in [6.07, 6.45) is -1.74. The van der Waals surface area contributed by atoms with E-state index in [0.29, 0.717) is 29.4 Å². The van der Waals surface area contributed by atoms with Crippen LogP contribution in [0, 0.1) is 0 Å². The van der Waals surface area contributed by atoms with E-state index in [-0.39, 0.29) is 11.2 Å². The molecule has 0 aliphatic carbocycles. The van der Waals surface area contributed by atoms with Gasteiger partial charge in [0.05, 0.1) is 11.3 Å². The van der Waals surface area contributed by atoms with Crippen LogP contribution in [0.15, 0.2) is 90.1 Å². The van der Waals surface area contributed by atoms with Gasteiger partial charge in [0.2, 0.25) is 5.88 Å². The van der Waals surface area contributed by atoms with Gasteiger partial charge in [0.15, 0.2) is 0 Å². The average molecular weight is 620 g/mol. The molecule has 0 spiro atoms. The number of carboxylic acid groups (broad SMARTS) is 1. The van der Waals surface area contributed by atoms with Gasteiger partial charge in [0, 0.05) is 57.3 Å². The van der Waals surface area contributed by atoms with Gasteiger partial charge in [-0.1, -0.05) is 57.2 Å². The first-order chi connectivity index (χ1) is 20.8. The zero-order valence-corrected chi connectivity index (χ0v) is 25.5. The lowest BCUT2D eigenvalue weighted by Crippen LogP contribution is -2.19. The van der Waals surface area contributed by atoms with Crippen molar-refractivity contribution in [1.82, 2.24) is 14.5 Å².